The maximum Gasteiger partial charge on any atom is 0.234 e. The molecule has 22 heavy (non-hydrogen) atoms. The minimum Gasteiger partial charge on any atom is -0.325 e. The molecule has 0 aliphatic heterocycles. The molecule has 2 aromatic rings. The van der Waals surface area contributed by atoms with Gasteiger partial charge in [-0.3, -0.25) is 9.59 Å². The van der Waals surface area contributed by atoms with Crippen LogP contribution < -0.4 is 5.32 Å². The number of carbonyl (C=O) groups is 2. The van der Waals surface area contributed by atoms with Crippen LogP contribution in [0.15, 0.2) is 48.5 Å². The Labute approximate surface area is 139 Å². The SMILES string of the molecule is CC(=O)c1ccc(NC(=O)CSCc2cccc(Cl)c2)cc1. The van der Waals surface area contributed by atoms with E-state index in [2.05, 4.69) is 5.32 Å². The van der Waals surface area contributed by atoms with Gasteiger partial charge in [0.05, 0.1) is 5.75 Å². The molecule has 3 nitrogen and oxygen atoms in total. The first kappa shape index (κ1) is 16.6. The summed E-state index contributed by atoms with van der Waals surface area (Å²) in [6.07, 6.45) is 0. The molecule has 0 heterocycles. The van der Waals surface area contributed by atoms with E-state index in [0.29, 0.717) is 22.0 Å². The molecule has 0 aromatic heterocycles. The molecular formula is C17H16ClNO2S. The second kappa shape index (κ2) is 8.01. The van der Waals surface area contributed by atoms with E-state index in [1.165, 1.54) is 18.7 Å². The van der Waals surface area contributed by atoms with Crippen LogP contribution in [0.1, 0.15) is 22.8 Å². The van der Waals surface area contributed by atoms with E-state index >= 15 is 0 Å². The van der Waals surface area contributed by atoms with Crippen molar-refractivity contribution in [2.75, 3.05) is 11.1 Å². The van der Waals surface area contributed by atoms with Crippen molar-refractivity contribution in [3.8, 4) is 0 Å². The lowest BCUT2D eigenvalue weighted by Gasteiger charge is -2.06. The van der Waals surface area contributed by atoms with Crippen molar-refractivity contribution in [1.29, 1.82) is 0 Å². The predicted molar refractivity (Wildman–Crippen MR) is 92.7 cm³/mol. The van der Waals surface area contributed by atoms with Crippen LogP contribution in [-0.2, 0) is 10.5 Å². The standard InChI is InChI=1S/C17H16ClNO2S/c1-12(20)14-5-7-16(8-6-14)19-17(21)11-22-10-13-3-2-4-15(18)9-13/h2-9H,10-11H2,1H3,(H,19,21). The van der Waals surface area contributed by atoms with Crippen LogP contribution >= 0.6 is 23.4 Å². The van der Waals surface area contributed by atoms with Crippen LogP contribution in [0.4, 0.5) is 5.69 Å². The van der Waals surface area contributed by atoms with Crippen molar-refractivity contribution in [2.24, 2.45) is 0 Å². The van der Waals surface area contributed by atoms with Gasteiger partial charge in [0, 0.05) is 22.0 Å². The lowest BCUT2D eigenvalue weighted by atomic mass is 10.1. The summed E-state index contributed by atoms with van der Waals surface area (Å²) in [5.74, 6) is 1.04. The summed E-state index contributed by atoms with van der Waals surface area (Å²) >= 11 is 7.44. The third-order valence-corrected chi connectivity index (χ3v) is 4.20. The molecule has 0 atom stereocenters. The number of anilines is 1. The van der Waals surface area contributed by atoms with Gasteiger partial charge >= 0.3 is 0 Å². The van der Waals surface area contributed by atoms with Gasteiger partial charge in [-0.25, -0.2) is 0 Å². The maximum absolute atomic E-state index is 11.9. The molecule has 1 amide bonds. The molecule has 0 aliphatic carbocycles. The zero-order valence-corrected chi connectivity index (χ0v) is 13.7. The minimum absolute atomic E-state index is 0.00922. The fourth-order valence-corrected chi connectivity index (χ4v) is 2.86. The molecule has 5 heteroatoms. The molecule has 0 radical (unpaired) electrons. The van der Waals surface area contributed by atoms with Crippen molar-refractivity contribution < 1.29 is 9.59 Å². The van der Waals surface area contributed by atoms with Gasteiger partial charge in [-0.1, -0.05) is 23.7 Å². The minimum atomic E-state index is -0.0670. The van der Waals surface area contributed by atoms with E-state index in [1.807, 2.05) is 24.3 Å². The molecule has 0 unspecified atom stereocenters. The molecule has 0 bridgehead atoms. The van der Waals surface area contributed by atoms with Gasteiger partial charge in [0.25, 0.3) is 0 Å². The lowest BCUT2D eigenvalue weighted by Crippen LogP contribution is -2.14. The van der Waals surface area contributed by atoms with Crippen LogP contribution in [-0.4, -0.2) is 17.4 Å². The largest absolute Gasteiger partial charge is 0.325 e. The van der Waals surface area contributed by atoms with Crippen molar-refractivity contribution >= 4 is 40.7 Å². The number of carbonyl (C=O) groups excluding carboxylic acids is 2. The van der Waals surface area contributed by atoms with Gasteiger partial charge in [-0.05, 0) is 48.9 Å². The van der Waals surface area contributed by atoms with Crippen LogP contribution in [0.5, 0.6) is 0 Å². The highest BCUT2D eigenvalue weighted by molar-refractivity contribution is 7.99. The quantitative estimate of drug-likeness (QED) is 0.796. The Kier molecular flexibility index (Phi) is 6.04. The molecule has 0 saturated heterocycles. The second-order valence-electron chi connectivity index (χ2n) is 4.80. The number of Topliss-reactive ketones (excluding diaryl/α,β-unsaturated/α-hetero) is 1. The molecule has 2 rings (SSSR count). The van der Waals surface area contributed by atoms with Crippen molar-refractivity contribution in [3.63, 3.8) is 0 Å². The van der Waals surface area contributed by atoms with Gasteiger partial charge in [0.2, 0.25) is 5.91 Å². The first-order valence-corrected chi connectivity index (χ1v) is 8.31. The number of halogens is 1. The number of hydrogen-bond acceptors (Lipinski definition) is 3. The van der Waals surface area contributed by atoms with E-state index in [-0.39, 0.29) is 11.7 Å². The number of thioether (sulfide) groups is 1. The third kappa shape index (κ3) is 5.20. The summed E-state index contributed by atoms with van der Waals surface area (Å²) in [4.78, 5) is 23.0. The van der Waals surface area contributed by atoms with Crippen LogP contribution in [0.3, 0.4) is 0 Å². The molecule has 1 N–H and O–H groups in total. The summed E-state index contributed by atoms with van der Waals surface area (Å²) in [6, 6.07) is 14.5. The van der Waals surface area contributed by atoms with Gasteiger partial charge in [-0.15, -0.1) is 11.8 Å². The Hall–Kier alpha value is -1.78. The van der Waals surface area contributed by atoms with E-state index in [1.54, 1.807) is 24.3 Å². The highest BCUT2D eigenvalue weighted by Crippen LogP contribution is 2.17. The van der Waals surface area contributed by atoms with Crippen molar-refractivity contribution in [1.82, 2.24) is 0 Å². The van der Waals surface area contributed by atoms with Crippen molar-refractivity contribution in [2.45, 2.75) is 12.7 Å². The normalized spacial score (nSPS) is 10.3. The first-order chi connectivity index (χ1) is 10.5. The summed E-state index contributed by atoms with van der Waals surface area (Å²) in [6.45, 7) is 1.51. The Morgan fingerprint density at radius 1 is 1.14 bits per heavy atom. The lowest BCUT2D eigenvalue weighted by molar-refractivity contribution is -0.113. The number of ketones is 1. The summed E-state index contributed by atoms with van der Waals surface area (Å²) < 4.78 is 0. The molecule has 114 valence electrons. The van der Waals surface area contributed by atoms with Gasteiger partial charge in [0.1, 0.15) is 0 Å². The van der Waals surface area contributed by atoms with Crippen LogP contribution in [0.25, 0.3) is 0 Å². The van der Waals surface area contributed by atoms with E-state index in [0.717, 1.165) is 11.3 Å². The fourth-order valence-electron chi connectivity index (χ4n) is 1.87. The molecule has 2 aromatic carbocycles. The third-order valence-electron chi connectivity index (χ3n) is 2.97. The smallest absolute Gasteiger partial charge is 0.234 e. The monoisotopic (exact) mass is 333 g/mol. The average Bonchev–Trinajstić information content (AvgIpc) is 2.48. The van der Waals surface area contributed by atoms with Crippen LogP contribution in [0, 0.1) is 0 Å². The summed E-state index contributed by atoms with van der Waals surface area (Å²) in [5, 5.41) is 3.51. The molecular weight excluding hydrogens is 318 g/mol. The van der Waals surface area contributed by atoms with Crippen molar-refractivity contribution in [3.05, 3.63) is 64.7 Å². The topological polar surface area (TPSA) is 46.2 Å². The Morgan fingerprint density at radius 3 is 2.50 bits per heavy atom. The highest BCUT2D eigenvalue weighted by atomic mass is 35.5. The van der Waals surface area contributed by atoms with Gasteiger partial charge in [0.15, 0.2) is 5.78 Å². The second-order valence-corrected chi connectivity index (χ2v) is 6.23. The average molecular weight is 334 g/mol. The van der Waals surface area contributed by atoms with Gasteiger partial charge < -0.3 is 5.32 Å². The maximum atomic E-state index is 11.9. The van der Waals surface area contributed by atoms with E-state index in [9.17, 15) is 9.59 Å². The highest BCUT2D eigenvalue weighted by Gasteiger charge is 2.04. The molecule has 0 fully saturated rings. The van der Waals surface area contributed by atoms with E-state index < -0.39 is 0 Å². The summed E-state index contributed by atoms with van der Waals surface area (Å²) in [5.41, 5.74) is 2.42. The molecule has 0 aliphatic rings. The Balaban J connectivity index is 1.79. The number of rotatable bonds is 6. The zero-order valence-electron chi connectivity index (χ0n) is 12.1. The number of nitrogens with one attached hydrogen (secondary N) is 1. The predicted octanol–water partition coefficient (Wildman–Crippen LogP) is 4.41. The Morgan fingerprint density at radius 2 is 1.86 bits per heavy atom. The van der Waals surface area contributed by atoms with E-state index in [4.69, 9.17) is 11.6 Å². The number of benzene rings is 2. The van der Waals surface area contributed by atoms with Gasteiger partial charge in [-0.2, -0.15) is 0 Å². The first-order valence-electron chi connectivity index (χ1n) is 6.77. The Bertz CT molecular complexity index is 671. The zero-order chi connectivity index (χ0) is 15.9. The molecule has 0 spiro atoms. The number of amides is 1. The van der Waals surface area contributed by atoms with Crippen LogP contribution in [0.2, 0.25) is 5.02 Å². The fraction of sp³-hybridized carbons (Fsp3) is 0.176. The number of hydrogen-bond donors (Lipinski definition) is 1. The summed E-state index contributed by atoms with van der Waals surface area (Å²) in [7, 11) is 0. The molecule has 0 saturated carbocycles.